The van der Waals surface area contributed by atoms with Crippen molar-refractivity contribution in [1.82, 2.24) is 14.9 Å². The average Bonchev–Trinajstić information content (AvgIpc) is 3.15. The number of aromatic nitrogens is 2. The van der Waals surface area contributed by atoms with E-state index in [4.69, 9.17) is 16.3 Å². The van der Waals surface area contributed by atoms with Crippen LogP contribution in [0, 0.1) is 5.82 Å². The first-order valence-corrected chi connectivity index (χ1v) is 8.91. The summed E-state index contributed by atoms with van der Waals surface area (Å²) in [6.45, 7) is 2.59. The van der Waals surface area contributed by atoms with Gasteiger partial charge in [0, 0.05) is 41.6 Å². The highest BCUT2D eigenvalue weighted by atomic mass is 35.5. The molecule has 3 aromatic rings. The monoisotopic (exact) mass is 409 g/mol. The van der Waals surface area contributed by atoms with Crippen molar-refractivity contribution >= 4 is 24.0 Å². The minimum Gasteiger partial charge on any atom is -0.488 e. The summed E-state index contributed by atoms with van der Waals surface area (Å²) in [6, 6.07) is 12.1. The van der Waals surface area contributed by atoms with Crippen molar-refractivity contribution in [3.05, 3.63) is 83.2 Å². The molecule has 1 aromatic heterocycles. The summed E-state index contributed by atoms with van der Waals surface area (Å²) < 4.78 is 21.6. The van der Waals surface area contributed by atoms with Crippen LogP contribution in [0.3, 0.4) is 0 Å². The quantitative estimate of drug-likeness (QED) is 0.513. The zero-order valence-electron chi connectivity index (χ0n) is 14.8. The Morgan fingerprint density at radius 1 is 1.15 bits per heavy atom. The van der Waals surface area contributed by atoms with Crippen LogP contribution in [-0.2, 0) is 19.7 Å². The van der Waals surface area contributed by atoms with Crippen molar-refractivity contribution in [3.63, 3.8) is 0 Å². The highest BCUT2D eigenvalue weighted by Crippen LogP contribution is 2.24. The maximum absolute atomic E-state index is 13.7. The molecule has 0 aliphatic rings. The molecule has 144 valence electrons. The zero-order chi connectivity index (χ0) is 18.2. The Bertz CT molecular complexity index is 828. The Hall–Kier alpha value is -2.08. The van der Waals surface area contributed by atoms with E-state index in [0.29, 0.717) is 22.9 Å². The van der Waals surface area contributed by atoms with E-state index in [1.807, 2.05) is 29.2 Å². The number of hydrogen-bond acceptors (Lipinski definition) is 3. The summed E-state index contributed by atoms with van der Waals surface area (Å²) in [5, 5.41) is 4.05. The molecule has 2 aromatic carbocycles. The SMILES string of the molecule is Cl.Fc1ccccc1COc1ccc(Cl)cc1CNCCCn1ccnc1. The minimum atomic E-state index is -0.263. The molecule has 1 N–H and O–H groups in total. The first kappa shape index (κ1) is 21.2. The Morgan fingerprint density at radius 2 is 2.00 bits per heavy atom. The van der Waals surface area contributed by atoms with E-state index < -0.39 is 0 Å². The molecule has 0 saturated carbocycles. The van der Waals surface area contributed by atoms with Crippen LogP contribution in [-0.4, -0.2) is 16.1 Å². The van der Waals surface area contributed by atoms with Gasteiger partial charge in [0.25, 0.3) is 0 Å². The third-order valence-corrected chi connectivity index (χ3v) is 4.24. The van der Waals surface area contributed by atoms with Crippen molar-refractivity contribution in [2.75, 3.05) is 6.54 Å². The molecular weight excluding hydrogens is 388 g/mol. The lowest BCUT2D eigenvalue weighted by atomic mass is 10.2. The van der Waals surface area contributed by atoms with E-state index in [9.17, 15) is 4.39 Å². The van der Waals surface area contributed by atoms with E-state index in [0.717, 1.165) is 25.1 Å². The molecule has 0 fully saturated rings. The Labute approximate surface area is 169 Å². The second kappa shape index (κ2) is 10.9. The molecule has 0 spiro atoms. The zero-order valence-corrected chi connectivity index (χ0v) is 16.3. The van der Waals surface area contributed by atoms with Gasteiger partial charge in [-0.05, 0) is 37.2 Å². The van der Waals surface area contributed by atoms with E-state index in [-0.39, 0.29) is 24.8 Å². The van der Waals surface area contributed by atoms with Gasteiger partial charge in [0.1, 0.15) is 18.2 Å². The first-order chi connectivity index (χ1) is 12.7. The summed E-state index contributed by atoms with van der Waals surface area (Å²) in [6.07, 6.45) is 6.53. The molecule has 7 heteroatoms. The molecule has 1 heterocycles. The van der Waals surface area contributed by atoms with Crippen LogP contribution >= 0.6 is 24.0 Å². The van der Waals surface area contributed by atoms with Gasteiger partial charge in [0.05, 0.1) is 6.33 Å². The van der Waals surface area contributed by atoms with Gasteiger partial charge in [-0.1, -0.05) is 29.8 Å². The molecule has 0 amide bonds. The van der Waals surface area contributed by atoms with Crippen LogP contribution in [0.1, 0.15) is 17.5 Å². The van der Waals surface area contributed by atoms with Gasteiger partial charge in [0.15, 0.2) is 0 Å². The highest BCUT2D eigenvalue weighted by molar-refractivity contribution is 6.30. The standard InChI is InChI=1S/C20H21ClFN3O.ClH/c21-18-6-7-20(26-14-16-4-1-2-5-19(16)22)17(12-18)13-23-8-3-10-25-11-9-24-15-25;/h1-2,4-7,9,11-12,15,23H,3,8,10,13-14H2;1H. The number of benzene rings is 2. The fourth-order valence-electron chi connectivity index (χ4n) is 2.63. The molecule has 0 unspecified atom stereocenters. The van der Waals surface area contributed by atoms with Gasteiger partial charge in [-0.15, -0.1) is 12.4 Å². The van der Waals surface area contributed by atoms with Gasteiger partial charge >= 0.3 is 0 Å². The molecule has 0 radical (unpaired) electrons. The summed E-state index contributed by atoms with van der Waals surface area (Å²) in [4.78, 5) is 4.03. The Kier molecular flexibility index (Phi) is 8.58. The highest BCUT2D eigenvalue weighted by Gasteiger charge is 2.07. The van der Waals surface area contributed by atoms with Gasteiger partial charge < -0.3 is 14.6 Å². The molecule has 0 saturated heterocycles. The van der Waals surface area contributed by atoms with Crippen molar-refractivity contribution in [1.29, 1.82) is 0 Å². The van der Waals surface area contributed by atoms with Crippen LogP contribution in [0.5, 0.6) is 5.75 Å². The maximum atomic E-state index is 13.7. The van der Waals surface area contributed by atoms with Crippen molar-refractivity contribution in [3.8, 4) is 5.75 Å². The normalized spacial score (nSPS) is 10.4. The first-order valence-electron chi connectivity index (χ1n) is 8.53. The number of nitrogens with one attached hydrogen (secondary N) is 1. The summed E-state index contributed by atoms with van der Waals surface area (Å²) in [5.74, 6) is 0.445. The lowest BCUT2D eigenvalue weighted by molar-refractivity contribution is 0.296. The topological polar surface area (TPSA) is 39.1 Å². The largest absolute Gasteiger partial charge is 0.488 e. The number of nitrogens with zero attached hydrogens (tertiary/aromatic N) is 2. The lowest BCUT2D eigenvalue weighted by Gasteiger charge is -2.13. The van der Waals surface area contributed by atoms with E-state index in [2.05, 4.69) is 10.3 Å². The number of aryl methyl sites for hydroxylation is 1. The number of ether oxygens (including phenoxy) is 1. The molecular formula is C20H22Cl2FN3O. The van der Waals surface area contributed by atoms with Gasteiger partial charge in [0.2, 0.25) is 0 Å². The van der Waals surface area contributed by atoms with Crippen molar-refractivity contribution in [2.45, 2.75) is 26.1 Å². The maximum Gasteiger partial charge on any atom is 0.129 e. The summed E-state index contributed by atoms with van der Waals surface area (Å²) >= 11 is 6.11. The van der Waals surface area contributed by atoms with Crippen molar-refractivity contribution < 1.29 is 9.13 Å². The number of halogens is 3. The van der Waals surface area contributed by atoms with E-state index in [1.54, 1.807) is 30.5 Å². The molecule has 0 atom stereocenters. The molecule has 27 heavy (non-hydrogen) atoms. The number of rotatable bonds is 9. The average molecular weight is 410 g/mol. The molecule has 0 aliphatic carbocycles. The summed E-state index contributed by atoms with van der Waals surface area (Å²) in [7, 11) is 0. The fraction of sp³-hybridized carbons (Fsp3) is 0.250. The second-order valence-corrected chi connectivity index (χ2v) is 6.40. The molecule has 0 aliphatic heterocycles. The second-order valence-electron chi connectivity index (χ2n) is 5.96. The van der Waals surface area contributed by atoms with Crippen LogP contribution in [0.15, 0.2) is 61.2 Å². The third-order valence-electron chi connectivity index (χ3n) is 4.01. The number of hydrogen-bond donors (Lipinski definition) is 1. The van der Waals surface area contributed by atoms with Gasteiger partial charge in [-0.25, -0.2) is 9.37 Å². The summed E-state index contributed by atoms with van der Waals surface area (Å²) in [5.41, 5.74) is 1.48. The third kappa shape index (κ3) is 6.54. The predicted octanol–water partition coefficient (Wildman–Crippen LogP) is 4.86. The lowest BCUT2D eigenvalue weighted by Crippen LogP contribution is -2.17. The van der Waals surface area contributed by atoms with Crippen LogP contribution < -0.4 is 10.1 Å². The molecule has 4 nitrogen and oxygen atoms in total. The predicted molar refractivity (Wildman–Crippen MR) is 108 cm³/mol. The Morgan fingerprint density at radius 3 is 2.78 bits per heavy atom. The van der Waals surface area contributed by atoms with Crippen LogP contribution in [0.4, 0.5) is 4.39 Å². The molecule has 0 bridgehead atoms. The fourth-order valence-corrected chi connectivity index (χ4v) is 2.82. The minimum absolute atomic E-state index is 0. The molecule has 3 rings (SSSR count). The number of imidazole rings is 1. The smallest absolute Gasteiger partial charge is 0.129 e. The van der Waals surface area contributed by atoms with Gasteiger partial charge in [-0.2, -0.15) is 0 Å². The van der Waals surface area contributed by atoms with Crippen molar-refractivity contribution in [2.24, 2.45) is 0 Å². The van der Waals surface area contributed by atoms with E-state index in [1.165, 1.54) is 6.07 Å². The Balaban J connectivity index is 0.00000261. The van der Waals surface area contributed by atoms with Crippen LogP contribution in [0.25, 0.3) is 0 Å². The van der Waals surface area contributed by atoms with E-state index >= 15 is 0 Å². The van der Waals surface area contributed by atoms with Gasteiger partial charge in [-0.3, -0.25) is 0 Å². The van der Waals surface area contributed by atoms with Crippen LogP contribution in [0.2, 0.25) is 5.02 Å².